The van der Waals surface area contributed by atoms with E-state index in [1.54, 1.807) is 12.4 Å². The highest BCUT2D eigenvalue weighted by molar-refractivity contribution is 5.19. The summed E-state index contributed by atoms with van der Waals surface area (Å²) >= 11 is 0. The molecule has 0 aliphatic heterocycles. The maximum Gasteiger partial charge on any atom is 0.142 e. The Morgan fingerprint density at radius 2 is 1.65 bits per heavy atom. The molecule has 0 N–H and O–H groups in total. The zero-order valence-electron chi connectivity index (χ0n) is 9.28. The van der Waals surface area contributed by atoms with Crippen molar-refractivity contribution in [2.24, 2.45) is 0 Å². The van der Waals surface area contributed by atoms with Crippen molar-refractivity contribution in [1.29, 1.82) is 0 Å². The first-order chi connectivity index (χ1) is 8.42. The van der Waals surface area contributed by atoms with Crippen LogP contribution >= 0.6 is 0 Å². The van der Waals surface area contributed by atoms with Gasteiger partial charge in [0.05, 0.1) is 11.4 Å². The molecule has 0 aliphatic rings. The molecule has 0 saturated heterocycles. The fourth-order valence-electron chi connectivity index (χ4n) is 1.52. The van der Waals surface area contributed by atoms with Crippen LogP contribution in [0.1, 0.15) is 17.5 Å². The smallest absolute Gasteiger partial charge is 0.142 e. The van der Waals surface area contributed by atoms with Crippen LogP contribution in [0.5, 0.6) is 0 Å². The Bertz CT molecular complexity index is 451. The standard InChI is InChI=1S/C14H12N2O/c1-2-11-17-14(12-7-3-5-9-15-12)13-8-4-6-10-16-13/h1,3-10,14H,11H2. The highest BCUT2D eigenvalue weighted by Crippen LogP contribution is 2.21. The molecule has 0 aliphatic carbocycles. The monoisotopic (exact) mass is 224 g/mol. The first-order valence-electron chi connectivity index (χ1n) is 5.28. The Morgan fingerprint density at radius 1 is 1.06 bits per heavy atom. The Balaban J connectivity index is 2.30. The predicted molar refractivity (Wildman–Crippen MR) is 65.1 cm³/mol. The molecule has 0 spiro atoms. The molecule has 0 unspecified atom stereocenters. The number of hydrogen-bond donors (Lipinski definition) is 0. The fourth-order valence-corrected chi connectivity index (χ4v) is 1.52. The van der Waals surface area contributed by atoms with Crippen LogP contribution in [0.25, 0.3) is 0 Å². The van der Waals surface area contributed by atoms with Crippen molar-refractivity contribution in [3.05, 3.63) is 60.2 Å². The third-order valence-corrected chi connectivity index (χ3v) is 2.25. The fraction of sp³-hybridized carbons (Fsp3) is 0.143. The highest BCUT2D eigenvalue weighted by atomic mass is 16.5. The minimum atomic E-state index is -0.312. The molecule has 84 valence electrons. The van der Waals surface area contributed by atoms with Crippen molar-refractivity contribution in [3.63, 3.8) is 0 Å². The summed E-state index contributed by atoms with van der Waals surface area (Å²) in [7, 11) is 0. The SMILES string of the molecule is C#CCOC(c1ccccn1)c1ccccn1. The minimum absolute atomic E-state index is 0.234. The molecule has 0 amide bonds. The van der Waals surface area contributed by atoms with Crippen LogP contribution in [0.15, 0.2) is 48.8 Å². The summed E-state index contributed by atoms with van der Waals surface area (Å²) in [6.07, 6.45) is 8.36. The third kappa shape index (κ3) is 2.90. The summed E-state index contributed by atoms with van der Waals surface area (Å²) in [4.78, 5) is 8.55. The molecule has 0 bridgehead atoms. The number of rotatable bonds is 4. The number of nitrogens with zero attached hydrogens (tertiary/aromatic N) is 2. The van der Waals surface area contributed by atoms with Crippen LogP contribution in [-0.2, 0) is 4.74 Å². The second kappa shape index (κ2) is 5.78. The van der Waals surface area contributed by atoms with E-state index in [1.165, 1.54) is 0 Å². The van der Waals surface area contributed by atoms with Gasteiger partial charge < -0.3 is 4.74 Å². The van der Waals surface area contributed by atoms with Gasteiger partial charge in [-0.1, -0.05) is 18.1 Å². The van der Waals surface area contributed by atoms with E-state index in [2.05, 4.69) is 15.9 Å². The average molecular weight is 224 g/mol. The molecule has 17 heavy (non-hydrogen) atoms. The van der Waals surface area contributed by atoms with Crippen LogP contribution in [0.4, 0.5) is 0 Å². The van der Waals surface area contributed by atoms with E-state index in [-0.39, 0.29) is 12.7 Å². The summed E-state index contributed by atoms with van der Waals surface area (Å²) in [6.45, 7) is 0.234. The van der Waals surface area contributed by atoms with Gasteiger partial charge in [-0.05, 0) is 24.3 Å². The summed E-state index contributed by atoms with van der Waals surface area (Å²) in [5.41, 5.74) is 1.61. The number of pyridine rings is 2. The highest BCUT2D eigenvalue weighted by Gasteiger charge is 2.16. The molecule has 0 radical (unpaired) electrons. The van der Waals surface area contributed by atoms with E-state index in [4.69, 9.17) is 11.2 Å². The molecule has 3 nitrogen and oxygen atoms in total. The van der Waals surface area contributed by atoms with Crippen LogP contribution in [0, 0.1) is 12.3 Å². The van der Waals surface area contributed by atoms with E-state index >= 15 is 0 Å². The molecule has 2 aromatic heterocycles. The van der Waals surface area contributed by atoms with Gasteiger partial charge in [-0.3, -0.25) is 9.97 Å². The third-order valence-electron chi connectivity index (χ3n) is 2.25. The lowest BCUT2D eigenvalue weighted by Gasteiger charge is -2.15. The largest absolute Gasteiger partial charge is 0.353 e. The molecular weight excluding hydrogens is 212 g/mol. The Hall–Kier alpha value is -2.18. The first kappa shape index (κ1) is 11.3. The molecule has 2 aromatic rings. The predicted octanol–water partition coefficient (Wildman–Crippen LogP) is 2.22. The summed E-state index contributed by atoms with van der Waals surface area (Å²) in [5.74, 6) is 2.46. The Morgan fingerprint density at radius 3 is 2.06 bits per heavy atom. The second-order valence-corrected chi connectivity index (χ2v) is 3.40. The molecule has 2 rings (SSSR count). The first-order valence-corrected chi connectivity index (χ1v) is 5.28. The average Bonchev–Trinajstić information content (AvgIpc) is 2.42. The zero-order chi connectivity index (χ0) is 11.9. The van der Waals surface area contributed by atoms with Gasteiger partial charge in [0.1, 0.15) is 12.7 Å². The van der Waals surface area contributed by atoms with Crippen molar-refractivity contribution >= 4 is 0 Å². The lowest BCUT2D eigenvalue weighted by molar-refractivity contribution is 0.102. The van der Waals surface area contributed by atoms with Crippen molar-refractivity contribution in [2.75, 3.05) is 6.61 Å². The van der Waals surface area contributed by atoms with Crippen LogP contribution in [0.2, 0.25) is 0 Å². The molecular formula is C14H12N2O. The molecule has 0 saturated carbocycles. The molecule has 0 aromatic carbocycles. The zero-order valence-corrected chi connectivity index (χ0v) is 9.28. The Kier molecular flexibility index (Phi) is 3.85. The van der Waals surface area contributed by atoms with Gasteiger partial charge in [0, 0.05) is 12.4 Å². The van der Waals surface area contributed by atoms with Crippen molar-refractivity contribution in [2.45, 2.75) is 6.10 Å². The van der Waals surface area contributed by atoms with E-state index in [0.29, 0.717) is 0 Å². The summed E-state index contributed by atoms with van der Waals surface area (Å²) in [5, 5.41) is 0. The van der Waals surface area contributed by atoms with Gasteiger partial charge in [-0.15, -0.1) is 6.42 Å². The van der Waals surface area contributed by atoms with Gasteiger partial charge in [-0.2, -0.15) is 0 Å². The molecule has 2 heterocycles. The van der Waals surface area contributed by atoms with Crippen molar-refractivity contribution in [3.8, 4) is 12.3 Å². The van der Waals surface area contributed by atoms with Gasteiger partial charge >= 0.3 is 0 Å². The Labute approximate surface area is 101 Å². The van der Waals surface area contributed by atoms with E-state index < -0.39 is 0 Å². The normalized spacial score (nSPS) is 10.1. The van der Waals surface area contributed by atoms with Crippen molar-refractivity contribution in [1.82, 2.24) is 9.97 Å². The lowest BCUT2D eigenvalue weighted by Crippen LogP contribution is -2.09. The summed E-state index contributed by atoms with van der Waals surface area (Å²) < 4.78 is 5.60. The minimum Gasteiger partial charge on any atom is -0.353 e. The number of terminal acetylenes is 1. The van der Waals surface area contributed by atoms with E-state index in [0.717, 1.165) is 11.4 Å². The number of hydrogen-bond acceptors (Lipinski definition) is 3. The number of ether oxygens (including phenoxy) is 1. The van der Waals surface area contributed by atoms with Gasteiger partial charge in [0.15, 0.2) is 0 Å². The van der Waals surface area contributed by atoms with Gasteiger partial charge in [0.2, 0.25) is 0 Å². The van der Waals surface area contributed by atoms with Gasteiger partial charge in [-0.25, -0.2) is 0 Å². The van der Waals surface area contributed by atoms with Crippen molar-refractivity contribution < 1.29 is 4.74 Å². The lowest BCUT2D eigenvalue weighted by atomic mass is 10.1. The van der Waals surface area contributed by atoms with E-state index in [9.17, 15) is 0 Å². The maximum atomic E-state index is 5.60. The van der Waals surface area contributed by atoms with Crippen LogP contribution < -0.4 is 0 Å². The molecule has 0 atom stereocenters. The van der Waals surface area contributed by atoms with Crippen LogP contribution in [0.3, 0.4) is 0 Å². The van der Waals surface area contributed by atoms with E-state index in [1.807, 2.05) is 36.4 Å². The quantitative estimate of drug-likeness (QED) is 0.747. The second-order valence-electron chi connectivity index (χ2n) is 3.40. The maximum absolute atomic E-state index is 5.60. The topological polar surface area (TPSA) is 35.0 Å². The van der Waals surface area contributed by atoms with Crippen LogP contribution in [-0.4, -0.2) is 16.6 Å². The molecule has 3 heteroatoms. The summed E-state index contributed by atoms with van der Waals surface area (Å²) in [6, 6.07) is 11.3. The van der Waals surface area contributed by atoms with Gasteiger partial charge in [0.25, 0.3) is 0 Å². The molecule has 0 fully saturated rings. The number of aromatic nitrogens is 2.